The molecule has 51 heavy (non-hydrogen) atoms. The highest BCUT2D eigenvalue weighted by molar-refractivity contribution is 7.26. The Morgan fingerprint density at radius 1 is 0.471 bits per heavy atom. The molecule has 7 heteroatoms. The average Bonchev–Trinajstić information content (AvgIpc) is 3.76. The molecule has 0 unspecified atom stereocenters. The second-order valence-corrected chi connectivity index (χ2v) is 13.6. The molecule has 10 rings (SSSR count). The summed E-state index contributed by atoms with van der Waals surface area (Å²) in [5.41, 5.74) is 9.14. The largest absolute Gasteiger partial charge is 0.455 e. The van der Waals surface area contributed by atoms with Crippen LogP contribution in [-0.4, -0.2) is 24.9 Å². The van der Waals surface area contributed by atoms with Crippen molar-refractivity contribution in [3.05, 3.63) is 151 Å². The average molecular weight is 674 g/mol. The molecule has 0 saturated heterocycles. The van der Waals surface area contributed by atoms with Crippen LogP contribution in [0.1, 0.15) is 5.56 Å². The van der Waals surface area contributed by atoms with E-state index in [2.05, 4.69) is 79.7 Å². The molecule has 0 atom stereocenters. The first-order chi connectivity index (χ1) is 25.2. The molecule has 240 valence electrons. The zero-order valence-electron chi connectivity index (χ0n) is 27.4. The summed E-state index contributed by atoms with van der Waals surface area (Å²) < 4.78 is 8.99. The molecule has 4 heterocycles. The topological polar surface area (TPSA) is 77.6 Å². The van der Waals surface area contributed by atoms with E-state index in [1.807, 2.05) is 72.8 Å². The number of para-hydroxylation sites is 1. The minimum absolute atomic E-state index is 0.575. The zero-order valence-corrected chi connectivity index (χ0v) is 28.2. The van der Waals surface area contributed by atoms with Gasteiger partial charge in [-0.1, -0.05) is 127 Å². The molecule has 10 aromatic rings. The molecule has 0 aliphatic carbocycles. The Hall–Kier alpha value is -6.57. The van der Waals surface area contributed by atoms with Crippen molar-refractivity contribution >= 4 is 53.6 Å². The first-order valence-electron chi connectivity index (χ1n) is 16.8. The van der Waals surface area contributed by atoms with Crippen LogP contribution in [-0.2, 0) is 0 Å². The summed E-state index contributed by atoms with van der Waals surface area (Å²) in [5.74, 6) is 2.43. The second-order valence-electron chi connectivity index (χ2n) is 12.6. The van der Waals surface area contributed by atoms with Gasteiger partial charge in [0.25, 0.3) is 0 Å². The Kier molecular flexibility index (Phi) is 6.79. The number of thiophene rings is 1. The van der Waals surface area contributed by atoms with Crippen LogP contribution in [0.4, 0.5) is 0 Å². The summed E-state index contributed by atoms with van der Waals surface area (Å²) in [7, 11) is 0. The van der Waals surface area contributed by atoms with Crippen LogP contribution in [0.3, 0.4) is 0 Å². The van der Waals surface area contributed by atoms with Gasteiger partial charge in [-0.2, -0.15) is 0 Å². The lowest BCUT2D eigenvalue weighted by atomic mass is 10.1. The van der Waals surface area contributed by atoms with Crippen LogP contribution >= 0.6 is 11.3 Å². The van der Waals surface area contributed by atoms with Crippen LogP contribution in [0.25, 0.3) is 99.1 Å². The van der Waals surface area contributed by atoms with E-state index in [1.165, 1.54) is 10.3 Å². The number of benzene rings is 6. The molecule has 0 bridgehead atoms. The smallest absolute Gasteiger partial charge is 0.164 e. The van der Waals surface area contributed by atoms with Gasteiger partial charge >= 0.3 is 0 Å². The maximum atomic E-state index is 6.72. The van der Waals surface area contributed by atoms with E-state index in [1.54, 1.807) is 11.3 Å². The van der Waals surface area contributed by atoms with Crippen molar-refractivity contribution in [1.29, 1.82) is 0 Å². The lowest BCUT2D eigenvalue weighted by Crippen LogP contribution is -2.00. The number of aromatic nitrogens is 5. The highest BCUT2D eigenvalue weighted by atomic mass is 32.1. The Morgan fingerprint density at radius 3 is 1.82 bits per heavy atom. The van der Waals surface area contributed by atoms with Crippen LogP contribution in [0.2, 0.25) is 0 Å². The molecule has 0 N–H and O–H groups in total. The molecule has 0 radical (unpaired) electrons. The summed E-state index contributed by atoms with van der Waals surface area (Å²) in [6, 6.07) is 49.3. The summed E-state index contributed by atoms with van der Waals surface area (Å²) >= 11 is 1.73. The van der Waals surface area contributed by atoms with E-state index in [0.717, 1.165) is 71.1 Å². The Morgan fingerprint density at radius 2 is 1.10 bits per heavy atom. The molecule has 0 aliphatic rings. The highest BCUT2D eigenvalue weighted by Gasteiger charge is 2.20. The number of furan rings is 1. The van der Waals surface area contributed by atoms with Crippen LogP contribution < -0.4 is 0 Å². The number of aryl methyl sites for hydroxylation is 1. The Balaban J connectivity index is 1.15. The highest BCUT2D eigenvalue weighted by Crippen LogP contribution is 2.42. The summed E-state index contributed by atoms with van der Waals surface area (Å²) in [4.78, 5) is 25.2. The molecular formula is C44H27N5OS. The first kappa shape index (κ1) is 29.4. The molecular weight excluding hydrogens is 647 g/mol. The molecule has 0 amide bonds. The summed E-state index contributed by atoms with van der Waals surface area (Å²) in [6.07, 6.45) is 0. The third-order valence-corrected chi connectivity index (χ3v) is 10.4. The third-order valence-electron chi connectivity index (χ3n) is 9.24. The minimum Gasteiger partial charge on any atom is -0.455 e. The van der Waals surface area contributed by atoms with Gasteiger partial charge in [-0.3, -0.25) is 0 Å². The number of rotatable bonds is 5. The number of hydrogen-bond acceptors (Lipinski definition) is 7. The monoisotopic (exact) mass is 673 g/mol. The van der Waals surface area contributed by atoms with Gasteiger partial charge in [0.1, 0.15) is 11.2 Å². The molecule has 4 aromatic heterocycles. The SMILES string of the molecule is Cc1ccc(-c2nc(-c3cccc4c3oc3cc(-c5nc(-c6ccccc6)nc(-c6ccccc6)n5)ccc34)nc3c2sc2ccccc23)cc1. The number of nitrogens with zero attached hydrogens (tertiary/aromatic N) is 5. The summed E-state index contributed by atoms with van der Waals surface area (Å²) in [5, 5.41) is 3.12. The van der Waals surface area contributed by atoms with Crippen LogP contribution in [0, 0.1) is 6.92 Å². The molecule has 0 aliphatic heterocycles. The standard InChI is InChI=1S/C44H27N5OS/c1-26-19-21-27(22-20-26)37-40-38(33-15-8-9-18-36(33)51-40)46-44(45-37)34-17-10-16-32-31-24-23-30(25-35(31)50-39(32)34)43-48-41(28-11-4-2-5-12-28)47-42(49-43)29-13-6-3-7-14-29/h2-25H,1H3. The van der Waals surface area contributed by atoms with E-state index in [4.69, 9.17) is 29.3 Å². The van der Waals surface area contributed by atoms with E-state index >= 15 is 0 Å². The van der Waals surface area contributed by atoms with Gasteiger partial charge in [-0.15, -0.1) is 11.3 Å². The first-order valence-corrected chi connectivity index (χ1v) is 17.6. The predicted octanol–water partition coefficient (Wildman–Crippen LogP) is 11.6. The van der Waals surface area contributed by atoms with Crippen molar-refractivity contribution < 1.29 is 4.42 Å². The van der Waals surface area contributed by atoms with Crippen molar-refractivity contribution in [3.63, 3.8) is 0 Å². The summed E-state index contributed by atoms with van der Waals surface area (Å²) in [6.45, 7) is 2.10. The van der Waals surface area contributed by atoms with E-state index < -0.39 is 0 Å². The molecule has 6 nitrogen and oxygen atoms in total. The maximum absolute atomic E-state index is 6.72. The Labute approximate surface area is 296 Å². The minimum atomic E-state index is 0.575. The van der Waals surface area contributed by atoms with E-state index in [9.17, 15) is 0 Å². The second kappa shape index (κ2) is 11.8. The van der Waals surface area contributed by atoms with Gasteiger partial charge in [0.2, 0.25) is 0 Å². The van der Waals surface area contributed by atoms with Gasteiger partial charge < -0.3 is 4.42 Å². The van der Waals surface area contributed by atoms with Crippen molar-refractivity contribution in [2.24, 2.45) is 0 Å². The number of fused-ring (bicyclic) bond motifs is 6. The number of hydrogen-bond donors (Lipinski definition) is 0. The molecule has 0 saturated carbocycles. The van der Waals surface area contributed by atoms with Gasteiger partial charge in [-0.25, -0.2) is 24.9 Å². The predicted molar refractivity (Wildman–Crippen MR) is 208 cm³/mol. The van der Waals surface area contributed by atoms with Gasteiger partial charge in [0.15, 0.2) is 23.3 Å². The van der Waals surface area contributed by atoms with Crippen molar-refractivity contribution in [2.75, 3.05) is 0 Å². The van der Waals surface area contributed by atoms with Crippen molar-refractivity contribution in [2.45, 2.75) is 6.92 Å². The molecule has 6 aromatic carbocycles. The van der Waals surface area contributed by atoms with Crippen LogP contribution in [0.15, 0.2) is 150 Å². The fourth-order valence-electron chi connectivity index (χ4n) is 6.67. The zero-order chi connectivity index (χ0) is 33.9. The maximum Gasteiger partial charge on any atom is 0.164 e. The fourth-order valence-corrected chi connectivity index (χ4v) is 7.82. The van der Waals surface area contributed by atoms with Gasteiger partial charge in [-0.05, 0) is 31.2 Å². The fraction of sp³-hybridized carbons (Fsp3) is 0.0227. The van der Waals surface area contributed by atoms with Crippen molar-refractivity contribution in [1.82, 2.24) is 24.9 Å². The molecule has 0 fully saturated rings. The lowest BCUT2D eigenvalue weighted by molar-refractivity contribution is 0.669. The van der Waals surface area contributed by atoms with Crippen molar-refractivity contribution in [3.8, 4) is 56.8 Å². The molecule has 0 spiro atoms. The normalized spacial score (nSPS) is 11.6. The van der Waals surface area contributed by atoms with Gasteiger partial charge in [0, 0.05) is 43.1 Å². The van der Waals surface area contributed by atoms with Gasteiger partial charge in [0.05, 0.1) is 21.5 Å². The quantitative estimate of drug-likeness (QED) is 0.181. The van der Waals surface area contributed by atoms with E-state index in [-0.39, 0.29) is 0 Å². The Bertz CT molecular complexity index is 2860. The van der Waals surface area contributed by atoms with E-state index in [0.29, 0.717) is 23.3 Å². The van der Waals surface area contributed by atoms with Crippen LogP contribution in [0.5, 0.6) is 0 Å². The lowest BCUT2D eigenvalue weighted by Gasteiger charge is -2.08. The third kappa shape index (κ3) is 5.06.